The normalized spacial score (nSPS) is 26.1. The second kappa shape index (κ2) is 13.9. The quantitative estimate of drug-likeness (QED) is 0.147. The molecule has 1 amide bonds. The van der Waals surface area contributed by atoms with Crippen LogP contribution in [0.25, 0.3) is 10.4 Å². The number of nitrogens with one attached hydrogen (secondary N) is 1. The predicted molar refractivity (Wildman–Crippen MR) is 136 cm³/mol. The molecule has 2 rings (SSSR count). The van der Waals surface area contributed by atoms with Crippen LogP contribution in [0, 0.1) is 0 Å². The molecule has 0 aromatic carbocycles. The largest absolute Gasteiger partial charge is 0.463 e. The fourth-order valence-corrected chi connectivity index (χ4v) is 7.99. The van der Waals surface area contributed by atoms with Gasteiger partial charge in [-0.2, -0.15) is 0 Å². The molecule has 1 aliphatic carbocycles. The van der Waals surface area contributed by atoms with Crippen LogP contribution in [-0.4, -0.2) is 69.0 Å². The summed E-state index contributed by atoms with van der Waals surface area (Å²) in [5.74, 6) is -0.568. The highest BCUT2D eigenvalue weighted by molar-refractivity contribution is 6.73. The molecular weight excluding hydrogens is 450 g/mol. The minimum Gasteiger partial charge on any atom is -0.463 e. The van der Waals surface area contributed by atoms with Gasteiger partial charge in [0, 0.05) is 36.1 Å². The van der Waals surface area contributed by atoms with Gasteiger partial charge in [-0.15, -0.1) is 0 Å². The Kier molecular flexibility index (Phi) is 11.6. The number of hydrogen-bond acceptors (Lipinski definition) is 6. The Morgan fingerprint density at radius 2 is 1.91 bits per heavy atom. The highest BCUT2D eigenvalue weighted by Crippen LogP contribution is 2.31. The van der Waals surface area contributed by atoms with E-state index in [2.05, 4.69) is 41.0 Å². The molecule has 1 fully saturated rings. The highest BCUT2D eigenvalue weighted by atomic mass is 28.4. The zero-order valence-electron chi connectivity index (χ0n) is 21.6. The van der Waals surface area contributed by atoms with Crippen LogP contribution in [0.3, 0.4) is 0 Å². The van der Waals surface area contributed by atoms with Crippen molar-refractivity contribution in [3.8, 4) is 0 Å². The second-order valence-electron chi connectivity index (χ2n) is 9.40. The summed E-state index contributed by atoms with van der Waals surface area (Å²) in [6, 6.07) is 2.19. The number of carbonyl (C=O) groups excluding carboxylic acids is 2. The lowest BCUT2D eigenvalue weighted by molar-refractivity contribution is -0.138. The summed E-state index contributed by atoms with van der Waals surface area (Å²) in [6.07, 6.45) is 6.47. The molecule has 2 aliphatic rings. The van der Waals surface area contributed by atoms with Crippen molar-refractivity contribution in [3.05, 3.63) is 22.1 Å². The number of ether oxygens (including phenoxy) is 1. The molecule has 0 aromatic heterocycles. The molecular formula is C24H43N5O4Si. The van der Waals surface area contributed by atoms with Crippen molar-refractivity contribution in [1.82, 2.24) is 10.2 Å². The number of rotatable bonds is 11. The Morgan fingerprint density at radius 3 is 2.50 bits per heavy atom. The van der Waals surface area contributed by atoms with Gasteiger partial charge in [0.05, 0.1) is 18.7 Å². The van der Waals surface area contributed by atoms with Gasteiger partial charge in [0.1, 0.15) is 0 Å². The van der Waals surface area contributed by atoms with E-state index in [1.807, 2.05) is 6.08 Å². The van der Waals surface area contributed by atoms with Crippen molar-refractivity contribution in [2.45, 2.75) is 109 Å². The third kappa shape index (κ3) is 7.31. The average molecular weight is 494 g/mol. The first-order chi connectivity index (χ1) is 16.3. The van der Waals surface area contributed by atoms with Gasteiger partial charge in [0.25, 0.3) is 0 Å². The van der Waals surface area contributed by atoms with E-state index in [0.29, 0.717) is 12.2 Å². The monoisotopic (exact) mass is 493 g/mol. The molecule has 1 aliphatic heterocycles. The summed E-state index contributed by atoms with van der Waals surface area (Å²) in [4.78, 5) is 30.2. The lowest BCUT2D eigenvalue weighted by atomic mass is 9.85. The van der Waals surface area contributed by atoms with E-state index in [4.69, 9.17) is 9.16 Å². The summed E-state index contributed by atoms with van der Waals surface area (Å²) in [6.45, 7) is 11.7. The molecule has 0 aromatic rings. The number of hydrogen-bond donors (Lipinski definition) is 1. The van der Waals surface area contributed by atoms with Crippen molar-refractivity contribution < 1.29 is 18.8 Å². The van der Waals surface area contributed by atoms with Crippen LogP contribution >= 0.6 is 0 Å². The Hall–Kier alpha value is -1.87. The highest BCUT2D eigenvalue weighted by Gasteiger charge is 2.41. The van der Waals surface area contributed by atoms with Gasteiger partial charge in [-0.05, 0) is 56.4 Å². The zero-order chi connectivity index (χ0) is 25.1. The van der Waals surface area contributed by atoms with E-state index in [1.54, 1.807) is 6.92 Å². The lowest BCUT2D eigenvalue weighted by Gasteiger charge is -2.44. The molecule has 192 valence electrons. The topological polar surface area (TPSA) is 117 Å². The fraction of sp³-hybridized carbons (Fsp3) is 0.833. The van der Waals surface area contributed by atoms with E-state index in [0.717, 1.165) is 50.4 Å². The van der Waals surface area contributed by atoms with Crippen molar-refractivity contribution >= 4 is 20.2 Å². The lowest BCUT2D eigenvalue weighted by Crippen LogP contribution is -2.60. The summed E-state index contributed by atoms with van der Waals surface area (Å²) in [7, 11) is -1.76. The summed E-state index contributed by atoms with van der Waals surface area (Å²) in [5.41, 5.74) is 9.74. The van der Waals surface area contributed by atoms with Crippen LogP contribution in [-0.2, 0) is 18.8 Å². The van der Waals surface area contributed by atoms with E-state index in [-0.39, 0.29) is 37.0 Å². The summed E-state index contributed by atoms with van der Waals surface area (Å²) >= 11 is 0. The summed E-state index contributed by atoms with van der Waals surface area (Å²) in [5, 5.41) is 7.02. The molecule has 0 unspecified atom stereocenters. The Balaban J connectivity index is 2.45. The molecule has 0 spiro atoms. The predicted octanol–water partition coefficient (Wildman–Crippen LogP) is 4.70. The number of amides is 1. The first-order valence-electron chi connectivity index (χ1n) is 12.9. The van der Waals surface area contributed by atoms with Crippen LogP contribution in [0.4, 0.5) is 0 Å². The summed E-state index contributed by atoms with van der Waals surface area (Å²) < 4.78 is 12.0. The first kappa shape index (κ1) is 28.4. The van der Waals surface area contributed by atoms with E-state index < -0.39 is 20.4 Å². The Bertz CT molecular complexity index is 758. The number of carbonyl (C=O) groups is 2. The van der Waals surface area contributed by atoms with Crippen molar-refractivity contribution in [3.63, 3.8) is 0 Å². The number of esters is 1. The average Bonchev–Trinajstić information content (AvgIpc) is 3.07. The third-order valence-electron chi connectivity index (χ3n) is 7.51. The molecule has 34 heavy (non-hydrogen) atoms. The maximum absolute atomic E-state index is 12.7. The van der Waals surface area contributed by atoms with Crippen LogP contribution in [0.1, 0.15) is 66.7 Å². The van der Waals surface area contributed by atoms with Crippen LogP contribution in [0.5, 0.6) is 0 Å². The van der Waals surface area contributed by atoms with Gasteiger partial charge in [-0.3, -0.25) is 9.69 Å². The number of nitrogens with zero attached hydrogens (tertiary/aromatic N) is 4. The van der Waals surface area contributed by atoms with Gasteiger partial charge in [0.15, 0.2) is 8.32 Å². The van der Waals surface area contributed by atoms with Crippen molar-refractivity contribution in [1.29, 1.82) is 0 Å². The molecule has 10 heteroatoms. The maximum atomic E-state index is 12.7. The van der Waals surface area contributed by atoms with Gasteiger partial charge in [0.2, 0.25) is 5.91 Å². The molecule has 0 bridgehead atoms. The van der Waals surface area contributed by atoms with Gasteiger partial charge < -0.3 is 14.5 Å². The third-order valence-corrected chi connectivity index (χ3v) is 12.2. The molecule has 1 N–H and O–H groups in total. The SMILES string of the molecule is CCOC(=O)C1=C[C@@H](N2CCCCC[C@@H]2CO[Si](CC)(CC)CC)[C@H](NC(C)=O)[C@@H](N=[N+]=[N-])C1. The Labute approximate surface area is 205 Å². The molecule has 9 nitrogen and oxygen atoms in total. The van der Waals surface area contributed by atoms with E-state index in [9.17, 15) is 15.1 Å². The maximum Gasteiger partial charge on any atom is 0.333 e. The number of likely N-dealkylation sites (tertiary alicyclic amines) is 1. The fourth-order valence-electron chi connectivity index (χ4n) is 5.33. The van der Waals surface area contributed by atoms with E-state index in [1.165, 1.54) is 6.92 Å². The van der Waals surface area contributed by atoms with Crippen LogP contribution in [0.2, 0.25) is 18.1 Å². The van der Waals surface area contributed by atoms with Crippen molar-refractivity contribution in [2.24, 2.45) is 5.11 Å². The minimum absolute atomic E-state index is 0.171. The molecule has 1 heterocycles. The Morgan fingerprint density at radius 1 is 1.21 bits per heavy atom. The minimum atomic E-state index is -1.76. The van der Waals surface area contributed by atoms with Crippen LogP contribution < -0.4 is 5.32 Å². The zero-order valence-corrected chi connectivity index (χ0v) is 22.6. The van der Waals surface area contributed by atoms with Gasteiger partial charge in [-0.25, -0.2) is 4.79 Å². The molecule has 1 saturated heterocycles. The molecule has 4 atom stereocenters. The van der Waals surface area contributed by atoms with Crippen molar-refractivity contribution in [2.75, 3.05) is 19.8 Å². The van der Waals surface area contributed by atoms with E-state index >= 15 is 0 Å². The van der Waals surface area contributed by atoms with Crippen LogP contribution in [0.15, 0.2) is 16.8 Å². The first-order valence-corrected chi connectivity index (χ1v) is 15.5. The molecule has 0 saturated carbocycles. The van der Waals surface area contributed by atoms with Gasteiger partial charge in [-0.1, -0.05) is 44.8 Å². The smallest absolute Gasteiger partial charge is 0.333 e. The second-order valence-corrected chi connectivity index (χ2v) is 14.2. The number of azide groups is 1. The molecule has 0 radical (unpaired) electrons. The van der Waals surface area contributed by atoms with Gasteiger partial charge >= 0.3 is 5.97 Å². The standard InChI is InChI=1S/C24H43N5O4Si/c1-6-32-24(31)19-15-21(27-28-25)23(26-18(5)30)22(16-19)29-14-12-10-11-13-20(29)17-33-34(7-2,8-3)9-4/h16,20-23H,6-15,17H2,1-5H3,(H,26,30)/t20-,21+,22-,23-/m1/s1.